The average molecular weight is 178 g/mol. The third-order valence-electron chi connectivity index (χ3n) is 4.47. The van der Waals surface area contributed by atoms with Crippen molar-refractivity contribution in [2.75, 3.05) is 19.6 Å². The minimum absolute atomic E-state index is 0.675. The minimum atomic E-state index is 0.675. The summed E-state index contributed by atoms with van der Waals surface area (Å²) in [6.45, 7) is 9.00. The summed E-state index contributed by atoms with van der Waals surface area (Å²) in [5, 5.41) is 0. The van der Waals surface area contributed by atoms with Gasteiger partial charge in [-0.3, -0.25) is 0 Å². The molecule has 1 spiro atoms. The van der Waals surface area contributed by atoms with E-state index in [9.17, 15) is 0 Å². The average Bonchev–Trinajstić information content (AvgIpc) is 2.44. The zero-order chi connectivity index (χ0) is 9.10. The highest BCUT2D eigenvalue weighted by Gasteiger charge is 2.51. The van der Waals surface area contributed by atoms with Gasteiger partial charge in [0.2, 0.25) is 0 Å². The molecular weight excluding hydrogens is 158 g/mol. The molecule has 3 fully saturated rings. The molecule has 73 valence electrons. The van der Waals surface area contributed by atoms with E-state index >= 15 is 0 Å². The third kappa shape index (κ3) is 1.24. The molecule has 1 aliphatic heterocycles. The molecule has 0 N–H and O–H groups in total. The van der Waals surface area contributed by atoms with E-state index < -0.39 is 0 Å². The lowest BCUT2D eigenvalue weighted by Crippen LogP contribution is -2.60. The topological polar surface area (TPSA) is 3.24 Å². The van der Waals surface area contributed by atoms with Gasteiger partial charge in [0.1, 0.15) is 0 Å². The van der Waals surface area contributed by atoms with Crippen LogP contribution in [0.2, 0.25) is 0 Å². The van der Waals surface area contributed by atoms with E-state index in [0.717, 1.165) is 11.3 Å². The van der Waals surface area contributed by atoms with Gasteiger partial charge in [-0.05, 0) is 42.4 Å². The summed E-state index contributed by atoms with van der Waals surface area (Å²) in [7, 11) is 0. The first-order chi connectivity index (χ1) is 6.10. The van der Waals surface area contributed by atoms with Gasteiger partial charge in [-0.2, -0.15) is 0 Å². The highest BCUT2D eigenvalue weighted by Crippen LogP contribution is 2.54. The van der Waals surface area contributed by atoms with Gasteiger partial charge in [-0.25, -0.2) is 0 Å². The highest BCUT2D eigenvalue weighted by molar-refractivity contribution is 5.09. The smallest absolute Gasteiger partial charge is 0.00508 e. The standard InChI is InChI=1S/C12H20N/c1-11(2)6-10(11)7-13-8-12(9-13)4-3-5-12/h3,10H,4-9H2,1-2H3. The van der Waals surface area contributed by atoms with Crippen molar-refractivity contribution in [3.8, 4) is 0 Å². The van der Waals surface area contributed by atoms with Gasteiger partial charge < -0.3 is 4.90 Å². The van der Waals surface area contributed by atoms with Crippen LogP contribution in [0.1, 0.15) is 33.1 Å². The van der Waals surface area contributed by atoms with Gasteiger partial charge in [0.15, 0.2) is 0 Å². The number of nitrogens with zero attached hydrogens (tertiary/aromatic N) is 1. The third-order valence-corrected chi connectivity index (χ3v) is 4.47. The second-order valence-corrected chi connectivity index (χ2v) is 6.26. The Bertz CT molecular complexity index is 219. The molecule has 0 aromatic rings. The van der Waals surface area contributed by atoms with E-state index in [1.807, 2.05) is 0 Å². The number of hydrogen-bond acceptors (Lipinski definition) is 1. The van der Waals surface area contributed by atoms with E-state index in [4.69, 9.17) is 0 Å². The van der Waals surface area contributed by atoms with Crippen LogP contribution in [0.3, 0.4) is 0 Å². The summed E-state index contributed by atoms with van der Waals surface area (Å²) in [6.07, 6.45) is 6.70. The van der Waals surface area contributed by atoms with E-state index in [1.165, 1.54) is 38.9 Å². The molecule has 1 heteroatoms. The SMILES string of the molecule is CC1(C)CC1CN1CC2(C[CH]C2)C1. The fraction of sp³-hybridized carbons (Fsp3) is 0.917. The molecule has 13 heavy (non-hydrogen) atoms. The van der Waals surface area contributed by atoms with Crippen LogP contribution in [0.15, 0.2) is 0 Å². The van der Waals surface area contributed by atoms with Crippen molar-refractivity contribution in [1.29, 1.82) is 0 Å². The first kappa shape index (κ1) is 8.28. The molecule has 2 saturated carbocycles. The van der Waals surface area contributed by atoms with Gasteiger partial charge >= 0.3 is 0 Å². The Labute approximate surface area is 81.5 Å². The summed E-state index contributed by atoms with van der Waals surface area (Å²) < 4.78 is 0. The van der Waals surface area contributed by atoms with Crippen LogP contribution >= 0.6 is 0 Å². The molecule has 3 aliphatic rings. The maximum absolute atomic E-state index is 2.67. The monoisotopic (exact) mass is 178 g/mol. The minimum Gasteiger partial charge on any atom is -0.302 e. The Morgan fingerprint density at radius 3 is 2.31 bits per heavy atom. The van der Waals surface area contributed by atoms with E-state index in [-0.39, 0.29) is 0 Å². The second-order valence-electron chi connectivity index (χ2n) is 6.26. The summed E-state index contributed by atoms with van der Waals surface area (Å²) in [6, 6.07) is 0. The predicted molar refractivity (Wildman–Crippen MR) is 54.3 cm³/mol. The van der Waals surface area contributed by atoms with Crippen LogP contribution in [0.4, 0.5) is 0 Å². The molecule has 1 heterocycles. The number of hydrogen-bond donors (Lipinski definition) is 0. The van der Waals surface area contributed by atoms with Gasteiger partial charge in [0, 0.05) is 19.6 Å². The fourth-order valence-electron chi connectivity index (χ4n) is 3.04. The molecule has 1 nitrogen and oxygen atoms in total. The molecule has 1 saturated heterocycles. The fourth-order valence-corrected chi connectivity index (χ4v) is 3.04. The molecule has 1 atom stereocenters. The van der Waals surface area contributed by atoms with Crippen molar-refractivity contribution in [2.24, 2.45) is 16.7 Å². The molecular formula is C12H20N. The molecule has 1 radical (unpaired) electrons. The summed E-state index contributed by atoms with van der Waals surface area (Å²) in [5.74, 6) is 1.01. The van der Waals surface area contributed by atoms with Gasteiger partial charge in [-0.15, -0.1) is 0 Å². The summed E-state index contributed by atoms with van der Waals surface area (Å²) in [5.41, 5.74) is 1.45. The Hall–Kier alpha value is -0.0400. The molecule has 0 aromatic heterocycles. The molecule has 2 aliphatic carbocycles. The van der Waals surface area contributed by atoms with Crippen LogP contribution < -0.4 is 0 Å². The zero-order valence-electron chi connectivity index (χ0n) is 8.84. The molecule has 3 rings (SSSR count). The summed E-state index contributed by atoms with van der Waals surface area (Å²) >= 11 is 0. The second kappa shape index (κ2) is 2.31. The van der Waals surface area contributed by atoms with Crippen LogP contribution in [0.5, 0.6) is 0 Å². The first-order valence-corrected chi connectivity index (χ1v) is 5.64. The van der Waals surface area contributed by atoms with Crippen LogP contribution in [-0.2, 0) is 0 Å². The zero-order valence-corrected chi connectivity index (χ0v) is 8.84. The lowest BCUT2D eigenvalue weighted by molar-refractivity contribution is -0.0369. The number of likely N-dealkylation sites (tertiary alicyclic amines) is 1. The van der Waals surface area contributed by atoms with E-state index in [0.29, 0.717) is 5.41 Å². The van der Waals surface area contributed by atoms with Crippen LogP contribution in [0.25, 0.3) is 0 Å². The van der Waals surface area contributed by atoms with Crippen molar-refractivity contribution in [3.63, 3.8) is 0 Å². The normalized spacial score (nSPS) is 39.7. The lowest BCUT2D eigenvalue weighted by Gasteiger charge is -2.56. The van der Waals surface area contributed by atoms with Crippen molar-refractivity contribution in [3.05, 3.63) is 6.42 Å². The van der Waals surface area contributed by atoms with Crippen LogP contribution in [-0.4, -0.2) is 24.5 Å². The predicted octanol–water partition coefficient (Wildman–Crippen LogP) is 2.33. The Morgan fingerprint density at radius 2 is 1.92 bits per heavy atom. The highest BCUT2D eigenvalue weighted by atomic mass is 15.2. The van der Waals surface area contributed by atoms with Gasteiger partial charge in [0.25, 0.3) is 0 Å². The van der Waals surface area contributed by atoms with Crippen molar-refractivity contribution in [2.45, 2.75) is 33.1 Å². The van der Waals surface area contributed by atoms with Crippen molar-refractivity contribution in [1.82, 2.24) is 4.90 Å². The van der Waals surface area contributed by atoms with Crippen LogP contribution in [0, 0.1) is 23.2 Å². The maximum Gasteiger partial charge on any atom is 0.00508 e. The Balaban J connectivity index is 1.45. The molecule has 0 bridgehead atoms. The quantitative estimate of drug-likeness (QED) is 0.627. The van der Waals surface area contributed by atoms with Gasteiger partial charge in [0.05, 0.1) is 0 Å². The van der Waals surface area contributed by atoms with Crippen molar-refractivity contribution >= 4 is 0 Å². The molecule has 0 amide bonds. The first-order valence-electron chi connectivity index (χ1n) is 5.64. The van der Waals surface area contributed by atoms with E-state index in [1.54, 1.807) is 0 Å². The molecule has 1 unspecified atom stereocenters. The molecule has 0 aromatic carbocycles. The van der Waals surface area contributed by atoms with Crippen molar-refractivity contribution < 1.29 is 0 Å². The number of rotatable bonds is 2. The Morgan fingerprint density at radius 1 is 1.31 bits per heavy atom. The maximum atomic E-state index is 2.67. The lowest BCUT2D eigenvalue weighted by atomic mass is 9.63. The Kier molecular flexibility index (Phi) is 1.47. The van der Waals surface area contributed by atoms with Gasteiger partial charge in [-0.1, -0.05) is 13.8 Å². The largest absolute Gasteiger partial charge is 0.302 e. The summed E-state index contributed by atoms with van der Waals surface area (Å²) in [4.78, 5) is 2.67. The van der Waals surface area contributed by atoms with E-state index in [2.05, 4.69) is 25.2 Å².